The molecule has 4 rings (SSSR count). The predicted octanol–water partition coefficient (Wildman–Crippen LogP) is 1.58. The van der Waals surface area contributed by atoms with Gasteiger partial charge in [-0.25, -0.2) is 4.98 Å². The molecule has 27 heavy (non-hydrogen) atoms. The van der Waals surface area contributed by atoms with Gasteiger partial charge in [0.1, 0.15) is 0 Å². The quantitative estimate of drug-likeness (QED) is 0.806. The Morgan fingerprint density at radius 1 is 1.19 bits per heavy atom. The average molecular weight is 381 g/mol. The highest BCUT2D eigenvalue weighted by atomic mass is 32.1. The van der Waals surface area contributed by atoms with Gasteiger partial charge in [0.05, 0.1) is 11.6 Å². The van der Waals surface area contributed by atoms with Gasteiger partial charge in [-0.2, -0.15) is 5.26 Å². The maximum Gasteiger partial charge on any atom is 0.282 e. The lowest BCUT2D eigenvalue weighted by Crippen LogP contribution is -2.52. The maximum absolute atomic E-state index is 12.5. The van der Waals surface area contributed by atoms with E-state index in [0.717, 1.165) is 18.8 Å². The van der Waals surface area contributed by atoms with Crippen LogP contribution in [0.25, 0.3) is 0 Å². The van der Waals surface area contributed by atoms with Crippen LogP contribution in [-0.4, -0.2) is 65.4 Å². The third kappa shape index (κ3) is 3.56. The number of thiazole rings is 1. The molecule has 8 heteroatoms. The summed E-state index contributed by atoms with van der Waals surface area (Å²) in [6, 6.07) is 9.37. The summed E-state index contributed by atoms with van der Waals surface area (Å²) in [6.45, 7) is 3.47. The Bertz CT molecular complexity index is 867. The second-order valence-electron chi connectivity index (χ2n) is 6.69. The van der Waals surface area contributed by atoms with Crippen molar-refractivity contribution in [3.8, 4) is 6.07 Å². The van der Waals surface area contributed by atoms with Crippen LogP contribution >= 0.6 is 11.3 Å². The largest absolute Gasteiger partial charge is 0.334 e. The molecule has 2 amide bonds. The van der Waals surface area contributed by atoms with E-state index < -0.39 is 0 Å². The number of rotatable bonds is 3. The van der Waals surface area contributed by atoms with E-state index in [2.05, 4.69) is 16.0 Å². The first-order chi connectivity index (χ1) is 13.2. The first kappa shape index (κ1) is 17.6. The summed E-state index contributed by atoms with van der Waals surface area (Å²) in [7, 11) is 0. The van der Waals surface area contributed by atoms with E-state index in [4.69, 9.17) is 5.26 Å². The SMILES string of the molecule is N#Cc1ccc(N2CC(N3CCN(C(=O)c4nccs4)CC3)CC2=O)cc1. The van der Waals surface area contributed by atoms with Crippen molar-refractivity contribution >= 4 is 28.8 Å². The smallest absolute Gasteiger partial charge is 0.282 e. The molecule has 1 aromatic carbocycles. The molecule has 1 atom stereocenters. The Balaban J connectivity index is 1.36. The summed E-state index contributed by atoms with van der Waals surface area (Å²) in [5.74, 6) is 0.0948. The Morgan fingerprint density at radius 3 is 2.56 bits per heavy atom. The van der Waals surface area contributed by atoms with E-state index in [1.807, 2.05) is 22.4 Å². The standard InChI is InChI=1S/C19H19N5O2S/c20-12-14-1-3-15(4-2-14)24-13-16(11-17(24)25)22-6-8-23(9-7-22)19(26)18-21-5-10-27-18/h1-5,10,16H,6-9,11,13H2. The molecule has 0 aliphatic carbocycles. The van der Waals surface area contributed by atoms with Crippen molar-refractivity contribution < 1.29 is 9.59 Å². The van der Waals surface area contributed by atoms with Gasteiger partial charge in [-0.15, -0.1) is 11.3 Å². The Labute approximate surface area is 161 Å². The number of nitrogens with zero attached hydrogens (tertiary/aromatic N) is 5. The maximum atomic E-state index is 12.5. The van der Waals surface area contributed by atoms with Gasteiger partial charge in [0.2, 0.25) is 5.91 Å². The summed E-state index contributed by atoms with van der Waals surface area (Å²) >= 11 is 1.36. The molecular formula is C19H19N5O2S. The van der Waals surface area contributed by atoms with Crippen LogP contribution < -0.4 is 4.90 Å². The molecule has 2 saturated heterocycles. The number of amides is 2. The fraction of sp³-hybridized carbons (Fsp3) is 0.368. The minimum Gasteiger partial charge on any atom is -0.334 e. The highest BCUT2D eigenvalue weighted by Crippen LogP contribution is 2.25. The molecule has 0 N–H and O–H groups in total. The van der Waals surface area contributed by atoms with Crippen LogP contribution in [0.5, 0.6) is 0 Å². The zero-order valence-electron chi connectivity index (χ0n) is 14.7. The molecule has 0 saturated carbocycles. The summed E-state index contributed by atoms with van der Waals surface area (Å²) in [6.07, 6.45) is 2.14. The summed E-state index contributed by atoms with van der Waals surface area (Å²) in [5, 5.41) is 11.3. The average Bonchev–Trinajstić information content (AvgIpc) is 3.38. The van der Waals surface area contributed by atoms with Crippen molar-refractivity contribution in [2.45, 2.75) is 12.5 Å². The highest BCUT2D eigenvalue weighted by Gasteiger charge is 2.36. The lowest BCUT2D eigenvalue weighted by molar-refractivity contribution is -0.117. The minimum absolute atomic E-state index is 0.00800. The molecule has 7 nitrogen and oxygen atoms in total. The van der Waals surface area contributed by atoms with Gasteiger partial charge in [0.15, 0.2) is 5.01 Å². The Morgan fingerprint density at radius 2 is 1.93 bits per heavy atom. The van der Waals surface area contributed by atoms with Crippen LogP contribution in [0.2, 0.25) is 0 Å². The van der Waals surface area contributed by atoms with E-state index >= 15 is 0 Å². The molecule has 2 aliphatic rings. The number of aromatic nitrogens is 1. The van der Waals surface area contributed by atoms with Crippen LogP contribution in [0.1, 0.15) is 21.8 Å². The number of nitriles is 1. The van der Waals surface area contributed by atoms with Crippen molar-refractivity contribution in [1.29, 1.82) is 5.26 Å². The highest BCUT2D eigenvalue weighted by molar-refractivity contribution is 7.11. The number of anilines is 1. The topological polar surface area (TPSA) is 80.5 Å². The molecule has 138 valence electrons. The number of hydrogen-bond donors (Lipinski definition) is 0. The molecular weight excluding hydrogens is 362 g/mol. The van der Waals surface area contributed by atoms with Crippen LogP contribution in [0, 0.1) is 11.3 Å². The fourth-order valence-corrected chi connectivity index (χ4v) is 4.26. The normalized spacial score (nSPS) is 20.7. The first-order valence-electron chi connectivity index (χ1n) is 8.89. The molecule has 0 bridgehead atoms. The van der Waals surface area contributed by atoms with E-state index in [9.17, 15) is 9.59 Å². The van der Waals surface area contributed by atoms with Crippen LogP contribution in [0.4, 0.5) is 5.69 Å². The van der Waals surface area contributed by atoms with Crippen molar-refractivity contribution in [2.24, 2.45) is 0 Å². The second-order valence-corrected chi connectivity index (χ2v) is 7.58. The number of carbonyl (C=O) groups is 2. The third-order valence-corrected chi connectivity index (χ3v) is 5.91. The summed E-state index contributed by atoms with van der Waals surface area (Å²) in [4.78, 5) is 34.9. The van der Waals surface area contributed by atoms with Gasteiger partial charge in [-0.05, 0) is 24.3 Å². The van der Waals surface area contributed by atoms with Gasteiger partial charge in [-0.3, -0.25) is 14.5 Å². The van der Waals surface area contributed by atoms with Crippen molar-refractivity contribution in [2.75, 3.05) is 37.6 Å². The second kappa shape index (κ2) is 7.47. The van der Waals surface area contributed by atoms with Crippen molar-refractivity contribution in [3.05, 3.63) is 46.4 Å². The molecule has 2 aliphatic heterocycles. The number of carbonyl (C=O) groups excluding carboxylic acids is 2. The van der Waals surface area contributed by atoms with Crippen molar-refractivity contribution in [3.63, 3.8) is 0 Å². The Hall–Kier alpha value is -2.76. The third-order valence-electron chi connectivity index (χ3n) is 5.15. The summed E-state index contributed by atoms with van der Waals surface area (Å²) in [5.41, 5.74) is 1.42. The number of benzene rings is 1. The molecule has 1 unspecified atom stereocenters. The molecule has 0 radical (unpaired) electrons. The van der Waals surface area contributed by atoms with Crippen molar-refractivity contribution in [1.82, 2.24) is 14.8 Å². The monoisotopic (exact) mass is 381 g/mol. The minimum atomic E-state index is -0.00800. The lowest BCUT2D eigenvalue weighted by Gasteiger charge is -2.37. The molecule has 2 fully saturated rings. The number of hydrogen-bond acceptors (Lipinski definition) is 6. The first-order valence-corrected chi connectivity index (χ1v) is 9.77. The van der Waals surface area contributed by atoms with E-state index in [-0.39, 0.29) is 17.9 Å². The van der Waals surface area contributed by atoms with Gasteiger partial charge in [-0.1, -0.05) is 0 Å². The lowest BCUT2D eigenvalue weighted by atomic mass is 10.2. The van der Waals surface area contributed by atoms with Crippen LogP contribution in [-0.2, 0) is 4.79 Å². The van der Waals surface area contributed by atoms with Crippen LogP contribution in [0.3, 0.4) is 0 Å². The van der Waals surface area contributed by atoms with Gasteiger partial charge >= 0.3 is 0 Å². The van der Waals surface area contributed by atoms with E-state index in [1.165, 1.54) is 11.3 Å². The van der Waals surface area contributed by atoms with Gasteiger partial charge in [0, 0.05) is 62.5 Å². The van der Waals surface area contributed by atoms with E-state index in [0.29, 0.717) is 36.6 Å². The van der Waals surface area contributed by atoms with Gasteiger partial charge in [0.25, 0.3) is 5.91 Å². The van der Waals surface area contributed by atoms with E-state index in [1.54, 1.807) is 23.2 Å². The number of piperazine rings is 1. The summed E-state index contributed by atoms with van der Waals surface area (Å²) < 4.78 is 0. The Kier molecular flexibility index (Phi) is 4.88. The zero-order chi connectivity index (χ0) is 18.8. The van der Waals surface area contributed by atoms with Crippen LogP contribution in [0.15, 0.2) is 35.8 Å². The molecule has 3 heterocycles. The molecule has 1 aromatic heterocycles. The fourth-order valence-electron chi connectivity index (χ4n) is 3.65. The zero-order valence-corrected chi connectivity index (χ0v) is 15.6. The molecule has 2 aromatic rings. The predicted molar refractivity (Wildman–Crippen MR) is 102 cm³/mol. The molecule has 0 spiro atoms. The van der Waals surface area contributed by atoms with Gasteiger partial charge < -0.3 is 9.80 Å².